The van der Waals surface area contributed by atoms with Crippen LogP contribution < -0.4 is 10.1 Å². The van der Waals surface area contributed by atoms with Gasteiger partial charge in [-0.05, 0) is 38.4 Å². The number of benzene rings is 1. The van der Waals surface area contributed by atoms with Crippen LogP contribution >= 0.6 is 0 Å². The second-order valence-electron chi connectivity index (χ2n) is 4.99. The number of ether oxygens (including phenoxy) is 1. The molecule has 2 aromatic rings. The number of methoxy groups -OCH3 is 1. The number of hydrogen-bond donors (Lipinski definition) is 1. The van der Waals surface area contributed by atoms with Gasteiger partial charge >= 0.3 is 0 Å². The number of hydrogen-bond acceptors (Lipinski definition) is 5. The SMILES string of the molecule is COc1ccccc1-c1noc(C2(C)CCCN2)n1. The first-order valence-electron chi connectivity index (χ1n) is 6.45. The lowest BCUT2D eigenvalue weighted by Gasteiger charge is -2.18. The highest BCUT2D eigenvalue weighted by atomic mass is 16.5. The minimum absolute atomic E-state index is 0.201. The van der Waals surface area contributed by atoms with Crippen molar-refractivity contribution >= 4 is 0 Å². The van der Waals surface area contributed by atoms with Crippen molar-refractivity contribution < 1.29 is 9.26 Å². The zero-order valence-corrected chi connectivity index (χ0v) is 11.1. The largest absolute Gasteiger partial charge is 0.496 e. The van der Waals surface area contributed by atoms with Gasteiger partial charge in [0.25, 0.3) is 0 Å². The molecule has 1 saturated heterocycles. The third-order valence-electron chi connectivity index (χ3n) is 3.61. The van der Waals surface area contributed by atoms with Gasteiger partial charge in [-0.1, -0.05) is 17.3 Å². The van der Waals surface area contributed by atoms with Gasteiger partial charge in [0.05, 0.1) is 18.2 Å². The van der Waals surface area contributed by atoms with Crippen LogP contribution in [0.5, 0.6) is 5.75 Å². The van der Waals surface area contributed by atoms with Crippen molar-refractivity contribution in [3.63, 3.8) is 0 Å². The molecule has 0 saturated carbocycles. The van der Waals surface area contributed by atoms with Crippen molar-refractivity contribution in [2.24, 2.45) is 0 Å². The quantitative estimate of drug-likeness (QED) is 0.916. The van der Waals surface area contributed by atoms with Crippen LogP contribution in [0.3, 0.4) is 0 Å². The number of para-hydroxylation sites is 1. The van der Waals surface area contributed by atoms with Crippen LogP contribution in [-0.2, 0) is 5.54 Å². The van der Waals surface area contributed by atoms with Gasteiger partial charge in [-0.3, -0.25) is 0 Å². The zero-order valence-electron chi connectivity index (χ0n) is 11.1. The standard InChI is InChI=1S/C14H17N3O2/c1-14(8-5-9-15-14)13-16-12(17-19-13)10-6-3-4-7-11(10)18-2/h3-4,6-7,15H,5,8-9H2,1-2H3. The van der Waals surface area contributed by atoms with Crippen LogP contribution in [0.15, 0.2) is 28.8 Å². The molecule has 100 valence electrons. The maximum Gasteiger partial charge on any atom is 0.246 e. The van der Waals surface area contributed by atoms with Gasteiger partial charge < -0.3 is 14.6 Å². The molecule has 3 rings (SSSR count). The molecular formula is C14H17N3O2. The minimum atomic E-state index is -0.201. The molecule has 1 fully saturated rings. The zero-order chi connectivity index (χ0) is 13.3. The lowest BCUT2D eigenvalue weighted by molar-refractivity contribution is 0.275. The highest BCUT2D eigenvalue weighted by Gasteiger charge is 2.35. The van der Waals surface area contributed by atoms with Gasteiger partial charge in [0.15, 0.2) is 0 Å². The van der Waals surface area contributed by atoms with E-state index in [-0.39, 0.29) is 5.54 Å². The summed E-state index contributed by atoms with van der Waals surface area (Å²) in [6.07, 6.45) is 2.14. The van der Waals surface area contributed by atoms with E-state index in [1.54, 1.807) is 7.11 Å². The minimum Gasteiger partial charge on any atom is -0.496 e. The van der Waals surface area contributed by atoms with E-state index < -0.39 is 0 Å². The number of nitrogens with zero attached hydrogens (tertiary/aromatic N) is 2. The fourth-order valence-electron chi connectivity index (χ4n) is 2.46. The lowest BCUT2D eigenvalue weighted by Crippen LogP contribution is -2.33. The molecule has 0 aliphatic carbocycles. The molecule has 5 heteroatoms. The summed E-state index contributed by atoms with van der Waals surface area (Å²) in [6, 6.07) is 7.67. The Morgan fingerprint density at radius 2 is 2.21 bits per heavy atom. The smallest absolute Gasteiger partial charge is 0.246 e. The van der Waals surface area contributed by atoms with Crippen molar-refractivity contribution in [2.75, 3.05) is 13.7 Å². The van der Waals surface area contributed by atoms with E-state index in [9.17, 15) is 0 Å². The monoisotopic (exact) mass is 259 g/mol. The summed E-state index contributed by atoms with van der Waals surface area (Å²) < 4.78 is 10.7. The maximum atomic E-state index is 5.43. The van der Waals surface area contributed by atoms with E-state index in [1.165, 1.54) is 0 Å². The molecule has 19 heavy (non-hydrogen) atoms. The second-order valence-corrected chi connectivity index (χ2v) is 4.99. The van der Waals surface area contributed by atoms with Crippen LogP contribution in [0.1, 0.15) is 25.7 Å². The Labute approximate surface area is 112 Å². The highest BCUT2D eigenvalue weighted by Crippen LogP contribution is 2.32. The Balaban J connectivity index is 1.97. The molecule has 2 heterocycles. The lowest BCUT2D eigenvalue weighted by atomic mass is 10.0. The molecular weight excluding hydrogens is 242 g/mol. The van der Waals surface area contributed by atoms with Gasteiger partial charge in [-0.25, -0.2) is 0 Å². The van der Waals surface area contributed by atoms with E-state index in [1.807, 2.05) is 24.3 Å². The van der Waals surface area contributed by atoms with Gasteiger partial charge in [0, 0.05) is 0 Å². The highest BCUT2D eigenvalue weighted by molar-refractivity contribution is 5.63. The molecule has 5 nitrogen and oxygen atoms in total. The Morgan fingerprint density at radius 1 is 1.37 bits per heavy atom. The summed E-state index contributed by atoms with van der Waals surface area (Å²) in [5.74, 6) is 1.97. The van der Waals surface area contributed by atoms with Crippen molar-refractivity contribution in [3.8, 4) is 17.1 Å². The summed E-state index contributed by atoms with van der Waals surface area (Å²) >= 11 is 0. The molecule has 0 bridgehead atoms. The maximum absolute atomic E-state index is 5.43. The summed E-state index contributed by atoms with van der Waals surface area (Å²) in [5.41, 5.74) is 0.648. The van der Waals surface area contributed by atoms with Crippen LogP contribution in [0.2, 0.25) is 0 Å². The molecule has 1 aromatic carbocycles. The molecule has 1 atom stereocenters. The number of nitrogens with one attached hydrogen (secondary N) is 1. The van der Waals surface area contributed by atoms with Crippen molar-refractivity contribution in [1.82, 2.24) is 15.5 Å². The predicted molar refractivity (Wildman–Crippen MR) is 70.9 cm³/mol. The summed E-state index contributed by atoms with van der Waals surface area (Å²) in [7, 11) is 1.64. The second kappa shape index (κ2) is 4.66. The molecule has 1 aliphatic rings. The average Bonchev–Trinajstić information content (AvgIpc) is 3.08. The Kier molecular flexibility index (Phi) is 2.98. The first-order chi connectivity index (χ1) is 9.23. The fraction of sp³-hybridized carbons (Fsp3) is 0.429. The molecule has 1 aromatic heterocycles. The first kappa shape index (κ1) is 12.2. The molecule has 0 spiro atoms. The predicted octanol–water partition coefficient (Wildman–Crippen LogP) is 2.34. The van der Waals surface area contributed by atoms with Gasteiger partial charge in [0.2, 0.25) is 11.7 Å². The van der Waals surface area contributed by atoms with Gasteiger partial charge in [0.1, 0.15) is 5.75 Å². The van der Waals surface area contributed by atoms with Crippen LogP contribution in [0.4, 0.5) is 0 Å². The van der Waals surface area contributed by atoms with Crippen molar-refractivity contribution in [1.29, 1.82) is 0 Å². The topological polar surface area (TPSA) is 60.2 Å². The Hall–Kier alpha value is -1.88. The van der Waals surface area contributed by atoms with Gasteiger partial charge in [-0.15, -0.1) is 0 Å². The summed E-state index contributed by atoms with van der Waals surface area (Å²) in [6.45, 7) is 3.09. The van der Waals surface area contributed by atoms with E-state index >= 15 is 0 Å². The average molecular weight is 259 g/mol. The van der Waals surface area contributed by atoms with Crippen LogP contribution in [0.25, 0.3) is 11.4 Å². The molecule has 1 N–H and O–H groups in total. The van der Waals surface area contributed by atoms with E-state index in [4.69, 9.17) is 9.26 Å². The van der Waals surface area contributed by atoms with E-state index in [0.29, 0.717) is 11.7 Å². The van der Waals surface area contributed by atoms with Crippen LogP contribution in [-0.4, -0.2) is 23.8 Å². The first-order valence-corrected chi connectivity index (χ1v) is 6.45. The molecule has 1 unspecified atom stereocenters. The van der Waals surface area contributed by atoms with Crippen LogP contribution in [0, 0.1) is 0 Å². The third-order valence-corrected chi connectivity index (χ3v) is 3.61. The Morgan fingerprint density at radius 3 is 2.95 bits per heavy atom. The summed E-state index contributed by atoms with van der Waals surface area (Å²) in [5, 5.41) is 7.49. The van der Waals surface area contributed by atoms with Crippen molar-refractivity contribution in [2.45, 2.75) is 25.3 Å². The van der Waals surface area contributed by atoms with E-state index in [2.05, 4.69) is 22.4 Å². The third kappa shape index (κ3) is 2.10. The van der Waals surface area contributed by atoms with Gasteiger partial charge in [-0.2, -0.15) is 4.98 Å². The molecule has 0 radical (unpaired) electrons. The van der Waals surface area contributed by atoms with E-state index in [0.717, 1.165) is 30.7 Å². The Bertz CT molecular complexity index is 574. The molecule has 1 aliphatic heterocycles. The summed E-state index contributed by atoms with van der Waals surface area (Å²) in [4.78, 5) is 4.52. The number of aromatic nitrogens is 2. The fourth-order valence-corrected chi connectivity index (χ4v) is 2.46. The van der Waals surface area contributed by atoms with Crippen molar-refractivity contribution in [3.05, 3.63) is 30.2 Å². The number of rotatable bonds is 3. The molecule has 0 amide bonds. The normalized spacial score (nSPS) is 22.6.